The fourth-order valence-corrected chi connectivity index (χ4v) is 4.45. The molecule has 3 heterocycles. The van der Waals surface area contributed by atoms with Crippen LogP contribution in [0.5, 0.6) is 0 Å². The van der Waals surface area contributed by atoms with E-state index in [0.29, 0.717) is 18.1 Å². The lowest BCUT2D eigenvalue weighted by Gasteiger charge is -2.34. The minimum absolute atomic E-state index is 0.410. The number of rotatable bonds is 6. The second-order valence-electron chi connectivity index (χ2n) is 8.23. The van der Waals surface area contributed by atoms with Gasteiger partial charge in [0.1, 0.15) is 0 Å². The van der Waals surface area contributed by atoms with E-state index in [4.69, 9.17) is 0 Å². The first kappa shape index (κ1) is 18.3. The van der Waals surface area contributed by atoms with E-state index in [0.717, 1.165) is 19.6 Å². The fourth-order valence-electron chi connectivity index (χ4n) is 4.45. The maximum Gasteiger partial charge on any atom is 0.0457 e. The molecule has 2 aliphatic rings. The summed E-state index contributed by atoms with van der Waals surface area (Å²) in [6.45, 7) is 7.53. The van der Waals surface area contributed by atoms with Crippen LogP contribution >= 0.6 is 0 Å². The Labute approximate surface area is 162 Å². The summed E-state index contributed by atoms with van der Waals surface area (Å²) in [6.07, 6.45) is 12.7. The Morgan fingerprint density at radius 3 is 2.85 bits per heavy atom. The van der Waals surface area contributed by atoms with Gasteiger partial charge in [-0.2, -0.15) is 0 Å². The molecule has 1 saturated heterocycles. The van der Waals surface area contributed by atoms with Gasteiger partial charge in [-0.15, -0.1) is 0 Å². The van der Waals surface area contributed by atoms with Gasteiger partial charge in [0.25, 0.3) is 0 Å². The van der Waals surface area contributed by atoms with Crippen LogP contribution < -0.4 is 10.6 Å². The average Bonchev–Trinajstić information content (AvgIpc) is 3.05. The van der Waals surface area contributed by atoms with Crippen molar-refractivity contribution < 1.29 is 0 Å². The number of nitrogens with one attached hydrogen (secondary N) is 3. The number of benzene rings is 1. The molecule has 3 unspecified atom stereocenters. The van der Waals surface area contributed by atoms with Crippen molar-refractivity contribution >= 4 is 10.9 Å². The monoisotopic (exact) mass is 364 g/mol. The lowest BCUT2D eigenvalue weighted by atomic mass is 9.99. The van der Waals surface area contributed by atoms with Gasteiger partial charge in [0.2, 0.25) is 0 Å². The predicted octanol–water partition coefficient (Wildman–Crippen LogP) is 3.93. The van der Waals surface area contributed by atoms with Crippen LogP contribution in [0.15, 0.2) is 54.4 Å². The second-order valence-corrected chi connectivity index (χ2v) is 8.23. The van der Waals surface area contributed by atoms with Crippen LogP contribution in [0.4, 0.5) is 0 Å². The molecule has 0 saturated carbocycles. The lowest BCUT2D eigenvalue weighted by molar-refractivity contribution is 0.213. The Bertz CT molecular complexity index is 819. The van der Waals surface area contributed by atoms with E-state index in [-0.39, 0.29) is 0 Å². The summed E-state index contributed by atoms with van der Waals surface area (Å²) in [5.41, 5.74) is 3.92. The van der Waals surface area contributed by atoms with E-state index in [1.807, 2.05) is 0 Å². The van der Waals surface area contributed by atoms with Crippen molar-refractivity contribution in [1.29, 1.82) is 0 Å². The van der Waals surface area contributed by atoms with Gasteiger partial charge in [-0.25, -0.2) is 0 Å². The van der Waals surface area contributed by atoms with E-state index in [2.05, 4.69) is 83.1 Å². The largest absolute Gasteiger partial charge is 0.381 e. The summed E-state index contributed by atoms with van der Waals surface area (Å²) in [5.74, 6) is 0. The number of fused-ring (bicyclic) bond motifs is 1. The Balaban J connectivity index is 1.51. The van der Waals surface area contributed by atoms with Crippen LogP contribution in [0.25, 0.3) is 10.9 Å². The van der Waals surface area contributed by atoms with E-state index >= 15 is 0 Å². The van der Waals surface area contributed by atoms with Crippen molar-refractivity contribution in [2.24, 2.45) is 0 Å². The highest BCUT2D eigenvalue weighted by Gasteiger charge is 2.22. The number of nitrogens with zero attached hydrogens (tertiary/aromatic N) is 1. The van der Waals surface area contributed by atoms with Crippen molar-refractivity contribution in [3.8, 4) is 0 Å². The number of hydrogen-bond donors (Lipinski definition) is 3. The number of aromatic nitrogens is 1. The SMILES string of the molecule is CC1C=CC=C(CN(Cc2c[nH]c3ccccc23)CC2CCCC(C)N2)N1. The fraction of sp³-hybridized carbons (Fsp3) is 0.478. The highest BCUT2D eigenvalue weighted by atomic mass is 15.2. The van der Waals surface area contributed by atoms with Crippen LogP contribution in [0, 0.1) is 0 Å². The minimum atomic E-state index is 0.410. The van der Waals surface area contributed by atoms with E-state index in [1.54, 1.807) is 0 Å². The molecule has 27 heavy (non-hydrogen) atoms. The Morgan fingerprint density at radius 2 is 2.00 bits per heavy atom. The highest BCUT2D eigenvalue weighted by molar-refractivity contribution is 5.82. The van der Waals surface area contributed by atoms with E-state index in [9.17, 15) is 0 Å². The molecule has 0 radical (unpaired) electrons. The third-order valence-electron chi connectivity index (χ3n) is 5.76. The van der Waals surface area contributed by atoms with Crippen molar-refractivity contribution in [3.05, 3.63) is 60.0 Å². The number of hydrogen-bond acceptors (Lipinski definition) is 3. The summed E-state index contributed by atoms with van der Waals surface area (Å²) in [4.78, 5) is 6.02. The molecule has 4 heteroatoms. The number of piperidine rings is 1. The number of allylic oxidation sites excluding steroid dienone is 2. The Morgan fingerprint density at radius 1 is 1.11 bits per heavy atom. The van der Waals surface area contributed by atoms with Gasteiger partial charge in [0, 0.05) is 60.6 Å². The summed E-state index contributed by atoms with van der Waals surface area (Å²) in [7, 11) is 0. The number of dihydropyridines is 1. The molecule has 0 amide bonds. The van der Waals surface area contributed by atoms with Gasteiger partial charge < -0.3 is 15.6 Å². The molecule has 0 aliphatic carbocycles. The molecule has 144 valence electrons. The van der Waals surface area contributed by atoms with E-state index < -0.39 is 0 Å². The average molecular weight is 365 g/mol. The molecule has 1 aromatic heterocycles. The summed E-state index contributed by atoms with van der Waals surface area (Å²) in [5, 5.41) is 8.76. The normalized spacial score (nSPS) is 25.6. The predicted molar refractivity (Wildman–Crippen MR) is 114 cm³/mol. The molecule has 4 nitrogen and oxygen atoms in total. The molecule has 1 fully saturated rings. The first-order valence-corrected chi connectivity index (χ1v) is 10.3. The minimum Gasteiger partial charge on any atom is -0.381 e. The molecule has 4 rings (SSSR count). The summed E-state index contributed by atoms with van der Waals surface area (Å²) in [6, 6.07) is 10.2. The van der Waals surface area contributed by atoms with Gasteiger partial charge in [-0.1, -0.05) is 36.8 Å². The summed E-state index contributed by atoms with van der Waals surface area (Å²) >= 11 is 0. The topological polar surface area (TPSA) is 43.1 Å². The van der Waals surface area contributed by atoms with Crippen LogP contribution in [-0.4, -0.2) is 41.1 Å². The van der Waals surface area contributed by atoms with Gasteiger partial charge in [-0.05, 0) is 44.4 Å². The third kappa shape index (κ3) is 4.63. The van der Waals surface area contributed by atoms with Gasteiger partial charge in [0.05, 0.1) is 0 Å². The molecule has 3 N–H and O–H groups in total. The first-order valence-electron chi connectivity index (χ1n) is 10.3. The van der Waals surface area contributed by atoms with Gasteiger partial charge in [0.15, 0.2) is 0 Å². The van der Waals surface area contributed by atoms with Gasteiger partial charge >= 0.3 is 0 Å². The van der Waals surface area contributed by atoms with Crippen LogP contribution in [0.3, 0.4) is 0 Å². The van der Waals surface area contributed by atoms with Crippen molar-refractivity contribution in [2.75, 3.05) is 13.1 Å². The molecular formula is C23H32N4. The smallest absolute Gasteiger partial charge is 0.0457 e. The Kier molecular flexibility index (Phi) is 5.65. The van der Waals surface area contributed by atoms with Crippen molar-refractivity contribution in [3.63, 3.8) is 0 Å². The van der Waals surface area contributed by atoms with Crippen molar-refractivity contribution in [1.82, 2.24) is 20.5 Å². The quantitative estimate of drug-likeness (QED) is 0.727. The molecule has 3 atom stereocenters. The Hall–Kier alpha value is -2.04. The molecule has 2 aromatic rings. The van der Waals surface area contributed by atoms with Crippen molar-refractivity contribution in [2.45, 2.75) is 57.8 Å². The zero-order chi connectivity index (χ0) is 18.6. The highest BCUT2D eigenvalue weighted by Crippen LogP contribution is 2.21. The number of aromatic amines is 1. The third-order valence-corrected chi connectivity index (χ3v) is 5.76. The zero-order valence-corrected chi connectivity index (χ0v) is 16.5. The van der Waals surface area contributed by atoms with Gasteiger partial charge in [-0.3, -0.25) is 4.90 Å². The molecule has 0 bridgehead atoms. The summed E-state index contributed by atoms with van der Waals surface area (Å²) < 4.78 is 0. The maximum absolute atomic E-state index is 3.81. The van der Waals surface area contributed by atoms with E-state index in [1.165, 1.54) is 41.4 Å². The number of para-hydroxylation sites is 1. The first-order chi connectivity index (χ1) is 13.2. The lowest BCUT2D eigenvalue weighted by Crippen LogP contribution is -2.48. The zero-order valence-electron chi connectivity index (χ0n) is 16.5. The number of H-pyrrole nitrogens is 1. The van der Waals surface area contributed by atoms with Crippen LogP contribution in [0.1, 0.15) is 38.7 Å². The van der Waals surface area contributed by atoms with Crippen LogP contribution in [-0.2, 0) is 6.54 Å². The molecular weight excluding hydrogens is 332 g/mol. The molecule has 0 spiro atoms. The molecule has 1 aromatic carbocycles. The molecule has 2 aliphatic heterocycles. The van der Waals surface area contributed by atoms with Crippen LogP contribution in [0.2, 0.25) is 0 Å². The standard InChI is InChI=1S/C23H32N4/c1-17-7-5-9-20(25-17)15-27(16-21-10-6-8-18(2)26-21)14-19-13-24-23-12-4-3-11-22(19)23/h3-5,7,9,11-13,17-18,21,24-26H,6,8,10,14-16H2,1-2H3. The maximum atomic E-state index is 3.81. The second kappa shape index (κ2) is 8.32.